The van der Waals surface area contributed by atoms with E-state index in [4.69, 9.17) is 14.2 Å². The average Bonchev–Trinajstić information content (AvgIpc) is 3.61. The zero-order valence-electron chi connectivity index (χ0n) is 21.3. The first kappa shape index (κ1) is 23.9. The van der Waals surface area contributed by atoms with Gasteiger partial charge in [0.1, 0.15) is 22.9 Å². The molecule has 1 aromatic heterocycles. The van der Waals surface area contributed by atoms with Crippen molar-refractivity contribution in [2.24, 2.45) is 5.92 Å². The number of nitrogens with zero attached hydrogens (tertiary/aromatic N) is 2. The van der Waals surface area contributed by atoms with E-state index in [9.17, 15) is 9.90 Å². The Bertz CT molecular complexity index is 1490. The highest BCUT2D eigenvalue weighted by Crippen LogP contribution is 2.46. The number of fused-ring (bicyclic) bond motifs is 2. The van der Waals surface area contributed by atoms with Gasteiger partial charge in [-0.3, -0.25) is 9.89 Å². The molecule has 2 aliphatic rings. The number of nitrogens with one attached hydrogen (secondary N) is 1. The van der Waals surface area contributed by atoms with Crippen molar-refractivity contribution >= 4 is 5.91 Å². The number of hydrogen-bond acceptors (Lipinski definition) is 6. The lowest BCUT2D eigenvalue weighted by Gasteiger charge is -2.27. The van der Waals surface area contributed by atoms with Gasteiger partial charge in [-0.1, -0.05) is 44.2 Å². The fourth-order valence-corrected chi connectivity index (χ4v) is 5.01. The van der Waals surface area contributed by atoms with Crippen molar-refractivity contribution < 1.29 is 24.1 Å². The zero-order valence-corrected chi connectivity index (χ0v) is 21.3. The molecule has 8 heteroatoms. The normalized spacial score (nSPS) is 15.8. The maximum Gasteiger partial charge on any atom is 0.273 e. The summed E-state index contributed by atoms with van der Waals surface area (Å²) in [6, 6.07) is 20.2. The molecule has 0 bridgehead atoms. The Balaban J connectivity index is 1.42. The van der Waals surface area contributed by atoms with E-state index >= 15 is 0 Å². The lowest BCUT2D eigenvalue weighted by Crippen LogP contribution is -2.29. The molecule has 0 saturated carbocycles. The second-order valence-electron chi connectivity index (χ2n) is 10.0. The highest BCUT2D eigenvalue weighted by atomic mass is 16.7. The largest absolute Gasteiger partial charge is 0.507 e. The third kappa shape index (κ3) is 4.32. The first-order valence-corrected chi connectivity index (χ1v) is 12.8. The second kappa shape index (κ2) is 9.78. The molecule has 8 nitrogen and oxygen atoms in total. The van der Waals surface area contributed by atoms with Crippen LogP contribution >= 0.6 is 0 Å². The minimum absolute atomic E-state index is 0.105. The van der Waals surface area contributed by atoms with Gasteiger partial charge in [0.15, 0.2) is 11.5 Å². The van der Waals surface area contributed by atoms with Gasteiger partial charge in [-0.05, 0) is 59.9 Å². The molecule has 4 aromatic rings. The number of para-hydroxylation sites is 1. The third-order valence-electron chi connectivity index (χ3n) is 6.95. The first-order chi connectivity index (χ1) is 18.5. The number of aromatic amines is 1. The van der Waals surface area contributed by atoms with Crippen molar-refractivity contribution in [2.45, 2.75) is 32.9 Å². The van der Waals surface area contributed by atoms with Gasteiger partial charge in [0.25, 0.3) is 5.91 Å². The van der Waals surface area contributed by atoms with Crippen molar-refractivity contribution in [2.75, 3.05) is 13.4 Å². The van der Waals surface area contributed by atoms with Gasteiger partial charge >= 0.3 is 0 Å². The Kier molecular flexibility index (Phi) is 6.15. The van der Waals surface area contributed by atoms with Crippen molar-refractivity contribution in [1.29, 1.82) is 0 Å². The Morgan fingerprint density at radius 1 is 1.08 bits per heavy atom. The number of aromatic hydroxyl groups is 1. The number of carbonyl (C=O) groups is 1. The van der Waals surface area contributed by atoms with E-state index in [1.54, 1.807) is 18.2 Å². The number of phenols is 1. The monoisotopic (exact) mass is 511 g/mol. The molecule has 2 N–H and O–H groups in total. The summed E-state index contributed by atoms with van der Waals surface area (Å²) >= 11 is 0. The van der Waals surface area contributed by atoms with Crippen LogP contribution in [0.5, 0.6) is 23.0 Å². The number of rotatable bonds is 8. The van der Waals surface area contributed by atoms with Gasteiger partial charge in [-0.2, -0.15) is 5.10 Å². The van der Waals surface area contributed by atoms with Crippen LogP contribution in [-0.4, -0.2) is 39.5 Å². The van der Waals surface area contributed by atoms with Crippen LogP contribution in [0.4, 0.5) is 0 Å². The predicted molar refractivity (Wildman–Crippen MR) is 141 cm³/mol. The van der Waals surface area contributed by atoms with E-state index in [1.807, 2.05) is 53.4 Å². The molecule has 0 radical (unpaired) electrons. The van der Waals surface area contributed by atoms with Crippen molar-refractivity contribution in [3.8, 4) is 34.3 Å². The molecule has 194 valence electrons. The summed E-state index contributed by atoms with van der Waals surface area (Å²) in [5.41, 5.74) is 4.08. The van der Waals surface area contributed by atoms with Crippen LogP contribution in [-0.2, 0) is 6.54 Å². The summed E-state index contributed by atoms with van der Waals surface area (Å²) in [7, 11) is 0. The second-order valence-corrected chi connectivity index (χ2v) is 10.0. The minimum Gasteiger partial charge on any atom is -0.507 e. The molecule has 0 saturated heterocycles. The van der Waals surface area contributed by atoms with E-state index in [1.165, 1.54) is 0 Å². The molecule has 1 unspecified atom stereocenters. The van der Waals surface area contributed by atoms with Gasteiger partial charge in [-0.25, -0.2) is 0 Å². The summed E-state index contributed by atoms with van der Waals surface area (Å²) in [4.78, 5) is 15.6. The van der Waals surface area contributed by atoms with Gasteiger partial charge in [0, 0.05) is 17.7 Å². The fourth-order valence-electron chi connectivity index (χ4n) is 5.01. The third-order valence-corrected chi connectivity index (χ3v) is 6.95. The lowest BCUT2D eigenvalue weighted by molar-refractivity contribution is 0.0729. The summed E-state index contributed by atoms with van der Waals surface area (Å²) in [6.07, 6.45) is 0.950. The average molecular weight is 512 g/mol. The Morgan fingerprint density at radius 2 is 1.92 bits per heavy atom. The zero-order chi connectivity index (χ0) is 26.2. The van der Waals surface area contributed by atoms with E-state index in [0.717, 1.165) is 28.9 Å². The quantitative estimate of drug-likeness (QED) is 0.316. The number of amides is 1. The SMILES string of the molecule is CC(C)CCOc1cccc(C2c3c(-c4ccccc4O)n[nH]c3C(=O)N2Cc2ccc3c(c2)OCO3)c1. The Hall–Kier alpha value is -4.46. The number of hydrogen-bond donors (Lipinski definition) is 2. The van der Waals surface area contributed by atoms with Crippen LogP contribution in [0.15, 0.2) is 66.7 Å². The molecule has 1 atom stereocenters. The number of aromatic nitrogens is 2. The fraction of sp³-hybridized carbons (Fsp3) is 0.267. The van der Waals surface area contributed by atoms with Crippen LogP contribution in [0, 0.1) is 5.92 Å². The Morgan fingerprint density at radius 3 is 2.76 bits per heavy atom. The number of H-pyrrole nitrogens is 1. The van der Waals surface area contributed by atoms with Gasteiger partial charge in [0.2, 0.25) is 6.79 Å². The highest BCUT2D eigenvalue weighted by Gasteiger charge is 2.42. The maximum absolute atomic E-state index is 13.8. The number of benzene rings is 3. The molecule has 0 fully saturated rings. The van der Waals surface area contributed by atoms with Crippen molar-refractivity contribution in [1.82, 2.24) is 15.1 Å². The Labute approximate surface area is 220 Å². The van der Waals surface area contributed by atoms with Crippen molar-refractivity contribution in [3.63, 3.8) is 0 Å². The van der Waals surface area contributed by atoms with Crippen LogP contribution < -0.4 is 14.2 Å². The van der Waals surface area contributed by atoms with Crippen molar-refractivity contribution in [3.05, 3.63) is 89.1 Å². The van der Waals surface area contributed by atoms with Gasteiger partial charge in [0.05, 0.1) is 12.6 Å². The molecule has 0 spiro atoms. The summed E-state index contributed by atoms with van der Waals surface area (Å²) in [6.45, 7) is 5.48. The van der Waals surface area contributed by atoms with E-state index in [0.29, 0.717) is 47.5 Å². The summed E-state index contributed by atoms with van der Waals surface area (Å²) < 4.78 is 17.1. The number of ether oxygens (including phenoxy) is 3. The maximum atomic E-state index is 13.8. The van der Waals surface area contributed by atoms with E-state index in [2.05, 4.69) is 24.0 Å². The van der Waals surface area contributed by atoms with Gasteiger partial charge in [-0.15, -0.1) is 0 Å². The topological polar surface area (TPSA) is 96.9 Å². The van der Waals surface area contributed by atoms with Crippen LogP contribution in [0.25, 0.3) is 11.3 Å². The predicted octanol–water partition coefficient (Wildman–Crippen LogP) is 5.68. The summed E-state index contributed by atoms with van der Waals surface area (Å²) in [5, 5.41) is 18.0. The van der Waals surface area contributed by atoms with Gasteiger partial charge < -0.3 is 24.2 Å². The van der Waals surface area contributed by atoms with Crippen LogP contribution in [0.3, 0.4) is 0 Å². The standard InChI is InChI=1S/C30H29N3O5/c1-18(2)12-13-36-21-7-5-6-20(15-21)29-26-27(22-8-3-4-9-23(22)34)31-32-28(26)30(35)33(29)16-19-10-11-24-25(14-19)38-17-37-24/h3-11,14-15,18,29,34H,12-13,16-17H2,1-2H3,(H,31,32). The highest BCUT2D eigenvalue weighted by molar-refractivity contribution is 6.00. The molecule has 3 aromatic carbocycles. The molecule has 6 rings (SSSR count). The van der Waals surface area contributed by atoms with Crippen LogP contribution in [0.1, 0.15) is 53.5 Å². The molecule has 0 aliphatic carbocycles. The molecule has 2 aliphatic heterocycles. The summed E-state index contributed by atoms with van der Waals surface area (Å²) in [5.74, 6) is 2.59. The molecule has 3 heterocycles. The van der Waals surface area contributed by atoms with E-state index < -0.39 is 6.04 Å². The first-order valence-electron chi connectivity index (χ1n) is 12.8. The molecular formula is C30H29N3O5. The minimum atomic E-state index is -0.440. The smallest absolute Gasteiger partial charge is 0.273 e. The number of carbonyl (C=O) groups excluding carboxylic acids is 1. The molecule has 38 heavy (non-hydrogen) atoms. The van der Waals surface area contributed by atoms with E-state index in [-0.39, 0.29) is 18.4 Å². The van der Waals surface area contributed by atoms with Crippen LogP contribution in [0.2, 0.25) is 0 Å². The molecule has 1 amide bonds. The lowest BCUT2D eigenvalue weighted by atomic mass is 9.95. The molecular weight excluding hydrogens is 482 g/mol. The number of phenolic OH excluding ortho intramolecular Hbond substituents is 1.